The van der Waals surface area contributed by atoms with Crippen LogP contribution in [0.5, 0.6) is 0 Å². The fourth-order valence-corrected chi connectivity index (χ4v) is 4.64. The molecule has 1 atom stereocenters. The van der Waals surface area contributed by atoms with Crippen LogP contribution >= 0.6 is 11.8 Å². The minimum atomic E-state index is -0.413. The zero-order chi connectivity index (χ0) is 17.6. The first-order chi connectivity index (χ1) is 12.1. The van der Waals surface area contributed by atoms with E-state index >= 15 is 0 Å². The van der Waals surface area contributed by atoms with Crippen LogP contribution < -0.4 is 0 Å². The average molecular weight is 363 g/mol. The topological polar surface area (TPSA) is 66.7 Å². The van der Waals surface area contributed by atoms with E-state index in [0.717, 1.165) is 49.7 Å². The van der Waals surface area contributed by atoms with Gasteiger partial charge in [-0.05, 0) is 43.7 Å². The smallest absolute Gasteiger partial charge is 0.269 e. The minimum absolute atomic E-state index is 0.0641. The van der Waals surface area contributed by atoms with Crippen molar-refractivity contribution in [3.8, 4) is 0 Å². The molecule has 7 heteroatoms. The molecule has 0 bridgehead atoms. The molecule has 2 heterocycles. The van der Waals surface area contributed by atoms with Crippen LogP contribution in [0.1, 0.15) is 24.8 Å². The Kier molecular flexibility index (Phi) is 6.31. The molecule has 1 amide bonds. The van der Waals surface area contributed by atoms with E-state index in [2.05, 4.69) is 9.80 Å². The molecule has 25 heavy (non-hydrogen) atoms. The van der Waals surface area contributed by atoms with Crippen LogP contribution in [0.2, 0.25) is 0 Å². The maximum absolute atomic E-state index is 12.9. The van der Waals surface area contributed by atoms with Crippen molar-refractivity contribution >= 4 is 23.4 Å². The van der Waals surface area contributed by atoms with Crippen molar-refractivity contribution in [2.75, 3.05) is 37.7 Å². The fraction of sp³-hybridized carbons (Fsp3) is 0.611. The Labute approximate surface area is 152 Å². The van der Waals surface area contributed by atoms with Gasteiger partial charge in [0.25, 0.3) is 5.69 Å². The fourth-order valence-electron chi connectivity index (χ4n) is 3.58. The number of rotatable bonds is 5. The lowest BCUT2D eigenvalue weighted by atomic mass is 10.1. The third-order valence-corrected chi connectivity index (χ3v) is 6.13. The summed E-state index contributed by atoms with van der Waals surface area (Å²) in [4.78, 5) is 27.8. The quantitative estimate of drug-likeness (QED) is 0.594. The Balaban J connectivity index is 1.65. The highest BCUT2D eigenvalue weighted by Crippen LogP contribution is 2.21. The third-order valence-electron chi connectivity index (χ3n) is 4.93. The number of carbonyl (C=O) groups excluding carboxylic acids is 1. The van der Waals surface area contributed by atoms with Gasteiger partial charge in [0.1, 0.15) is 0 Å². The van der Waals surface area contributed by atoms with E-state index in [4.69, 9.17) is 0 Å². The summed E-state index contributed by atoms with van der Waals surface area (Å²) < 4.78 is 0. The lowest BCUT2D eigenvalue weighted by Crippen LogP contribution is -2.48. The van der Waals surface area contributed by atoms with Crippen LogP contribution in [-0.2, 0) is 11.2 Å². The van der Waals surface area contributed by atoms with Crippen LogP contribution in [0, 0.1) is 10.1 Å². The second kappa shape index (κ2) is 8.67. The van der Waals surface area contributed by atoms with Crippen LogP contribution in [0.15, 0.2) is 24.3 Å². The number of hydrogen-bond acceptors (Lipinski definition) is 5. The van der Waals surface area contributed by atoms with Gasteiger partial charge >= 0.3 is 0 Å². The summed E-state index contributed by atoms with van der Waals surface area (Å²) in [5, 5.41) is 10.8. The maximum atomic E-state index is 12.9. The van der Waals surface area contributed by atoms with Gasteiger partial charge in [-0.15, -0.1) is 0 Å². The van der Waals surface area contributed by atoms with Crippen LogP contribution in [0.3, 0.4) is 0 Å². The largest absolute Gasteiger partial charge is 0.337 e. The lowest BCUT2D eigenvalue weighted by molar-refractivity contribution is -0.384. The van der Waals surface area contributed by atoms with Gasteiger partial charge in [0, 0.05) is 31.0 Å². The van der Waals surface area contributed by atoms with E-state index in [-0.39, 0.29) is 17.6 Å². The molecule has 1 aromatic rings. The summed E-state index contributed by atoms with van der Waals surface area (Å²) in [7, 11) is 0. The highest BCUT2D eigenvalue weighted by atomic mass is 32.2. The molecule has 3 rings (SSSR count). The van der Waals surface area contributed by atoms with Crippen molar-refractivity contribution in [2.24, 2.45) is 0 Å². The summed E-state index contributed by atoms with van der Waals surface area (Å²) in [5.41, 5.74) is 0.904. The maximum Gasteiger partial charge on any atom is 0.269 e. The summed E-state index contributed by atoms with van der Waals surface area (Å²) in [6.07, 6.45) is 3.87. The molecule has 136 valence electrons. The summed E-state index contributed by atoms with van der Waals surface area (Å²) >= 11 is 1.94. The second-order valence-electron chi connectivity index (χ2n) is 6.78. The molecule has 0 aliphatic carbocycles. The van der Waals surface area contributed by atoms with Crippen molar-refractivity contribution in [1.82, 2.24) is 9.80 Å². The van der Waals surface area contributed by atoms with Gasteiger partial charge < -0.3 is 9.80 Å². The SMILES string of the molecule is O=C(Cc1ccc([N+](=O)[O-])cc1)N1CCCSCC1CN1CCCC1. The minimum Gasteiger partial charge on any atom is -0.337 e. The van der Waals surface area contributed by atoms with E-state index in [0.29, 0.717) is 6.42 Å². The van der Waals surface area contributed by atoms with Crippen molar-refractivity contribution in [2.45, 2.75) is 31.7 Å². The number of benzene rings is 1. The van der Waals surface area contributed by atoms with Crippen LogP contribution in [-0.4, -0.2) is 64.4 Å². The molecule has 2 fully saturated rings. The molecule has 0 radical (unpaired) electrons. The first-order valence-corrected chi connectivity index (χ1v) is 10.1. The number of likely N-dealkylation sites (tertiary alicyclic amines) is 1. The lowest BCUT2D eigenvalue weighted by Gasteiger charge is -2.33. The average Bonchev–Trinajstić information content (AvgIpc) is 2.99. The molecular formula is C18H25N3O3S. The van der Waals surface area contributed by atoms with Crippen molar-refractivity contribution in [1.29, 1.82) is 0 Å². The van der Waals surface area contributed by atoms with E-state index < -0.39 is 4.92 Å². The molecule has 0 saturated carbocycles. The summed E-state index contributed by atoms with van der Waals surface area (Å²) in [5.74, 6) is 2.25. The van der Waals surface area contributed by atoms with Crippen molar-refractivity contribution in [3.05, 3.63) is 39.9 Å². The Bertz CT molecular complexity index is 602. The number of non-ortho nitro benzene ring substituents is 1. The Morgan fingerprint density at radius 2 is 1.88 bits per heavy atom. The second-order valence-corrected chi connectivity index (χ2v) is 7.93. The molecule has 1 aromatic carbocycles. The Morgan fingerprint density at radius 3 is 2.56 bits per heavy atom. The van der Waals surface area contributed by atoms with E-state index in [1.54, 1.807) is 12.1 Å². The molecule has 6 nitrogen and oxygen atoms in total. The molecule has 2 saturated heterocycles. The highest BCUT2D eigenvalue weighted by molar-refractivity contribution is 7.99. The number of nitro groups is 1. The number of hydrogen-bond donors (Lipinski definition) is 0. The van der Waals surface area contributed by atoms with Crippen molar-refractivity contribution in [3.63, 3.8) is 0 Å². The van der Waals surface area contributed by atoms with Gasteiger partial charge in [-0.1, -0.05) is 12.1 Å². The van der Waals surface area contributed by atoms with Gasteiger partial charge in [0.15, 0.2) is 0 Å². The van der Waals surface area contributed by atoms with Gasteiger partial charge in [-0.2, -0.15) is 11.8 Å². The molecular weight excluding hydrogens is 338 g/mol. The van der Waals surface area contributed by atoms with Gasteiger partial charge in [0.2, 0.25) is 5.91 Å². The standard InChI is InChI=1S/C18H25N3O3S/c22-18(12-15-4-6-16(7-5-15)21(23)24)20-10-3-11-25-14-17(20)13-19-8-1-2-9-19/h4-7,17H,1-3,8-14H2. The summed E-state index contributed by atoms with van der Waals surface area (Å²) in [6, 6.07) is 6.61. The number of amides is 1. The van der Waals surface area contributed by atoms with Crippen LogP contribution in [0.4, 0.5) is 5.69 Å². The molecule has 2 aliphatic heterocycles. The van der Waals surface area contributed by atoms with E-state index in [1.807, 2.05) is 11.8 Å². The van der Waals surface area contributed by atoms with Gasteiger partial charge in [-0.25, -0.2) is 0 Å². The number of thioether (sulfide) groups is 1. The summed E-state index contributed by atoms with van der Waals surface area (Å²) in [6.45, 7) is 4.08. The predicted octanol–water partition coefficient (Wildman–Crippen LogP) is 2.57. The zero-order valence-corrected chi connectivity index (χ0v) is 15.2. The Morgan fingerprint density at radius 1 is 1.16 bits per heavy atom. The highest BCUT2D eigenvalue weighted by Gasteiger charge is 2.28. The zero-order valence-electron chi connectivity index (χ0n) is 14.4. The monoisotopic (exact) mass is 363 g/mol. The van der Waals surface area contributed by atoms with Crippen LogP contribution in [0.25, 0.3) is 0 Å². The molecule has 0 N–H and O–H groups in total. The normalized spacial score (nSPS) is 21.9. The first kappa shape index (κ1) is 18.2. The van der Waals surface area contributed by atoms with E-state index in [9.17, 15) is 14.9 Å². The predicted molar refractivity (Wildman–Crippen MR) is 99.9 cm³/mol. The van der Waals surface area contributed by atoms with E-state index in [1.165, 1.54) is 25.0 Å². The van der Waals surface area contributed by atoms with Crippen molar-refractivity contribution < 1.29 is 9.72 Å². The van der Waals surface area contributed by atoms with Gasteiger partial charge in [0.05, 0.1) is 17.4 Å². The third kappa shape index (κ3) is 4.95. The number of nitro benzene ring substituents is 1. The number of nitrogens with zero attached hydrogens (tertiary/aromatic N) is 3. The Hall–Kier alpha value is -1.60. The molecule has 1 unspecified atom stereocenters. The number of carbonyl (C=O) groups is 1. The molecule has 2 aliphatic rings. The molecule has 0 spiro atoms. The molecule has 0 aromatic heterocycles. The van der Waals surface area contributed by atoms with Gasteiger partial charge in [-0.3, -0.25) is 14.9 Å². The first-order valence-electron chi connectivity index (χ1n) is 8.96.